The summed E-state index contributed by atoms with van der Waals surface area (Å²) >= 11 is 0. The number of benzene rings is 1. The number of anilines is 1. The van der Waals surface area contributed by atoms with Crippen LogP contribution in [-0.4, -0.2) is 44.2 Å². The van der Waals surface area contributed by atoms with E-state index >= 15 is 0 Å². The van der Waals surface area contributed by atoms with E-state index in [-0.39, 0.29) is 5.82 Å². The van der Waals surface area contributed by atoms with Crippen LogP contribution in [0.1, 0.15) is 0 Å². The molecule has 1 atom stereocenters. The van der Waals surface area contributed by atoms with Gasteiger partial charge in [0.1, 0.15) is 5.82 Å². The third-order valence-corrected chi connectivity index (χ3v) is 3.12. The highest BCUT2D eigenvalue weighted by atomic mass is 19.1. The summed E-state index contributed by atoms with van der Waals surface area (Å²) in [6, 6.07) is 6.97. The van der Waals surface area contributed by atoms with Crippen molar-refractivity contribution in [2.75, 3.05) is 38.1 Å². The Bertz CT molecular complexity index is 339. The van der Waals surface area contributed by atoms with Gasteiger partial charge in [0.2, 0.25) is 0 Å². The Hall–Kier alpha value is -1.13. The first-order valence-corrected chi connectivity index (χ1v) is 5.61. The molecule has 0 radical (unpaired) electrons. The van der Waals surface area contributed by atoms with Crippen molar-refractivity contribution in [1.82, 2.24) is 4.90 Å². The average Bonchev–Trinajstić information content (AvgIpc) is 2.30. The van der Waals surface area contributed by atoms with Crippen LogP contribution in [0, 0.1) is 5.82 Å². The Morgan fingerprint density at radius 3 is 2.62 bits per heavy atom. The van der Waals surface area contributed by atoms with E-state index in [0.29, 0.717) is 12.6 Å². The van der Waals surface area contributed by atoms with E-state index in [0.717, 1.165) is 25.3 Å². The first kappa shape index (κ1) is 11.4. The summed E-state index contributed by atoms with van der Waals surface area (Å²) in [6.07, 6.45) is 0. The van der Waals surface area contributed by atoms with Crippen molar-refractivity contribution in [1.29, 1.82) is 0 Å². The van der Waals surface area contributed by atoms with Crippen molar-refractivity contribution in [2.24, 2.45) is 5.73 Å². The second kappa shape index (κ2) is 4.80. The van der Waals surface area contributed by atoms with Crippen molar-refractivity contribution in [3.63, 3.8) is 0 Å². The van der Waals surface area contributed by atoms with E-state index in [4.69, 9.17) is 5.73 Å². The van der Waals surface area contributed by atoms with Gasteiger partial charge in [-0.25, -0.2) is 4.39 Å². The molecule has 1 fully saturated rings. The van der Waals surface area contributed by atoms with E-state index in [2.05, 4.69) is 16.8 Å². The number of rotatable bonds is 2. The molecule has 0 bridgehead atoms. The van der Waals surface area contributed by atoms with E-state index in [1.165, 1.54) is 12.1 Å². The van der Waals surface area contributed by atoms with Crippen LogP contribution in [0.25, 0.3) is 0 Å². The maximum Gasteiger partial charge on any atom is 0.123 e. The van der Waals surface area contributed by atoms with Gasteiger partial charge in [-0.1, -0.05) is 0 Å². The molecule has 16 heavy (non-hydrogen) atoms. The van der Waals surface area contributed by atoms with E-state index < -0.39 is 0 Å². The molecule has 0 amide bonds. The normalized spacial score (nSPS) is 22.4. The third-order valence-electron chi connectivity index (χ3n) is 3.12. The first-order chi connectivity index (χ1) is 7.70. The van der Waals surface area contributed by atoms with Crippen LogP contribution in [0.3, 0.4) is 0 Å². The summed E-state index contributed by atoms with van der Waals surface area (Å²) in [4.78, 5) is 4.54. The molecule has 88 valence electrons. The largest absolute Gasteiger partial charge is 0.365 e. The van der Waals surface area contributed by atoms with Gasteiger partial charge in [-0.3, -0.25) is 0 Å². The third kappa shape index (κ3) is 2.33. The van der Waals surface area contributed by atoms with Crippen LogP contribution in [0.4, 0.5) is 10.1 Å². The van der Waals surface area contributed by atoms with Gasteiger partial charge in [-0.2, -0.15) is 0 Å². The van der Waals surface area contributed by atoms with Crippen LogP contribution in [-0.2, 0) is 0 Å². The van der Waals surface area contributed by atoms with Crippen LogP contribution in [0.15, 0.2) is 24.3 Å². The summed E-state index contributed by atoms with van der Waals surface area (Å²) in [5, 5.41) is 0. The van der Waals surface area contributed by atoms with Crippen LogP contribution < -0.4 is 10.6 Å². The zero-order chi connectivity index (χ0) is 11.5. The quantitative estimate of drug-likeness (QED) is 0.808. The number of nitrogens with zero attached hydrogens (tertiary/aromatic N) is 2. The topological polar surface area (TPSA) is 32.5 Å². The van der Waals surface area contributed by atoms with Crippen molar-refractivity contribution in [3.05, 3.63) is 30.1 Å². The standard InChI is InChI=1S/C12H18FN3/c1-15-6-7-16(12(8-14)9-15)11-4-2-10(13)3-5-11/h2-5,12H,6-9,14H2,1H3. The lowest BCUT2D eigenvalue weighted by atomic mass is 10.1. The molecule has 3 nitrogen and oxygen atoms in total. The maximum absolute atomic E-state index is 12.8. The molecule has 0 aromatic heterocycles. The van der Waals surface area contributed by atoms with Crippen molar-refractivity contribution >= 4 is 5.69 Å². The molecule has 1 aliphatic rings. The molecule has 1 aliphatic heterocycles. The molecule has 0 saturated carbocycles. The monoisotopic (exact) mass is 223 g/mol. The SMILES string of the molecule is CN1CCN(c2ccc(F)cc2)C(CN)C1. The molecule has 1 saturated heterocycles. The molecule has 1 heterocycles. The predicted octanol–water partition coefficient (Wildman–Crippen LogP) is 0.905. The fourth-order valence-corrected chi connectivity index (χ4v) is 2.18. The summed E-state index contributed by atoms with van der Waals surface area (Å²) in [5.41, 5.74) is 6.84. The molecule has 2 N–H and O–H groups in total. The van der Waals surface area contributed by atoms with Gasteiger partial charge in [0.05, 0.1) is 6.04 Å². The second-order valence-electron chi connectivity index (χ2n) is 4.32. The second-order valence-corrected chi connectivity index (χ2v) is 4.32. The maximum atomic E-state index is 12.8. The minimum absolute atomic E-state index is 0.192. The summed E-state index contributed by atoms with van der Waals surface area (Å²) in [5.74, 6) is -0.192. The van der Waals surface area contributed by atoms with Crippen LogP contribution in [0.5, 0.6) is 0 Å². The van der Waals surface area contributed by atoms with Gasteiger partial charge < -0.3 is 15.5 Å². The lowest BCUT2D eigenvalue weighted by Crippen LogP contribution is -2.55. The molecular formula is C12H18FN3. The molecule has 2 rings (SSSR count). The van der Waals surface area contributed by atoms with Gasteiger partial charge >= 0.3 is 0 Å². The van der Waals surface area contributed by atoms with Gasteiger partial charge in [-0.05, 0) is 31.3 Å². The van der Waals surface area contributed by atoms with Crippen molar-refractivity contribution in [3.8, 4) is 0 Å². The molecule has 0 aliphatic carbocycles. The van der Waals surface area contributed by atoms with E-state index in [1.54, 1.807) is 0 Å². The van der Waals surface area contributed by atoms with E-state index in [1.807, 2.05) is 12.1 Å². The number of piperazine rings is 1. The summed E-state index contributed by atoms with van der Waals surface area (Å²) in [7, 11) is 2.10. The van der Waals surface area contributed by atoms with Crippen molar-refractivity contribution in [2.45, 2.75) is 6.04 Å². The lowest BCUT2D eigenvalue weighted by molar-refractivity contribution is 0.269. The lowest BCUT2D eigenvalue weighted by Gasteiger charge is -2.41. The molecular weight excluding hydrogens is 205 g/mol. The Labute approximate surface area is 95.6 Å². The van der Waals surface area contributed by atoms with Gasteiger partial charge in [-0.15, -0.1) is 0 Å². The average molecular weight is 223 g/mol. The van der Waals surface area contributed by atoms with Gasteiger partial charge in [0.25, 0.3) is 0 Å². The summed E-state index contributed by atoms with van der Waals surface area (Å²) < 4.78 is 12.8. The first-order valence-electron chi connectivity index (χ1n) is 5.61. The summed E-state index contributed by atoms with van der Waals surface area (Å²) in [6.45, 7) is 3.56. The molecule has 4 heteroatoms. The smallest absolute Gasteiger partial charge is 0.123 e. The highest BCUT2D eigenvalue weighted by molar-refractivity contribution is 5.48. The zero-order valence-corrected chi connectivity index (χ0v) is 9.56. The number of hydrogen-bond donors (Lipinski definition) is 1. The van der Waals surface area contributed by atoms with E-state index in [9.17, 15) is 4.39 Å². The Morgan fingerprint density at radius 2 is 2.00 bits per heavy atom. The Morgan fingerprint density at radius 1 is 1.31 bits per heavy atom. The minimum atomic E-state index is -0.192. The molecule has 1 aromatic rings. The molecule has 1 aromatic carbocycles. The number of likely N-dealkylation sites (N-methyl/N-ethyl adjacent to an activating group) is 1. The van der Waals surface area contributed by atoms with Gasteiger partial charge in [0.15, 0.2) is 0 Å². The van der Waals surface area contributed by atoms with Gasteiger partial charge in [0, 0.05) is 31.9 Å². The fourth-order valence-electron chi connectivity index (χ4n) is 2.18. The number of nitrogens with two attached hydrogens (primary N) is 1. The van der Waals surface area contributed by atoms with Crippen molar-refractivity contribution < 1.29 is 4.39 Å². The zero-order valence-electron chi connectivity index (χ0n) is 9.56. The Balaban J connectivity index is 2.15. The highest BCUT2D eigenvalue weighted by Crippen LogP contribution is 2.20. The Kier molecular flexibility index (Phi) is 3.41. The molecule has 1 unspecified atom stereocenters. The van der Waals surface area contributed by atoms with Crippen LogP contribution >= 0.6 is 0 Å². The molecule has 0 spiro atoms. The minimum Gasteiger partial charge on any atom is -0.365 e. The number of halogens is 1. The number of hydrogen-bond acceptors (Lipinski definition) is 3. The predicted molar refractivity (Wildman–Crippen MR) is 64.1 cm³/mol. The highest BCUT2D eigenvalue weighted by Gasteiger charge is 2.23. The van der Waals surface area contributed by atoms with Crippen LogP contribution in [0.2, 0.25) is 0 Å². The fraction of sp³-hybridized carbons (Fsp3) is 0.500.